The van der Waals surface area contributed by atoms with E-state index >= 15 is 0 Å². The molecule has 3 heterocycles. The highest BCUT2D eigenvalue weighted by atomic mass is 32.2. The molecule has 27 heavy (non-hydrogen) atoms. The molecule has 4 aromatic rings. The summed E-state index contributed by atoms with van der Waals surface area (Å²) in [6.45, 7) is 2.82. The van der Waals surface area contributed by atoms with Gasteiger partial charge < -0.3 is 9.73 Å². The van der Waals surface area contributed by atoms with Gasteiger partial charge in [-0.15, -0.1) is 21.5 Å². The Hall–Kier alpha value is -2.16. The predicted molar refractivity (Wildman–Crippen MR) is 113 cm³/mol. The van der Waals surface area contributed by atoms with Gasteiger partial charge in [0.2, 0.25) is 11.0 Å². The van der Waals surface area contributed by atoms with E-state index in [2.05, 4.69) is 38.0 Å². The molecule has 0 radical (unpaired) electrons. The number of aryl methyl sites for hydroxylation is 1. The maximum absolute atomic E-state index is 5.81. The fourth-order valence-electron chi connectivity index (χ4n) is 2.48. The summed E-state index contributed by atoms with van der Waals surface area (Å²) in [7, 11) is 0. The number of aromatic nitrogens is 3. The van der Waals surface area contributed by atoms with Crippen molar-refractivity contribution in [2.24, 2.45) is 0 Å². The van der Waals surface area contributed by atoms with E-state index in [0.717, 1.165) is 39.5 Å². The molecule has 138 valence electrons. The van der Waals surface area contributed by atoms with E-state index in [1.54, 1.807) is 34.4 Å². The molecule has 5 nitrogen and oxygen atoms in total. The Labute approximate surface area is 169 Å². The van der Waals surface area contributed by atoms with Gasteiger partial charge in [-0.05, 0) is 36.9 Å². The van der Waals surface area contributed by atoms with E-state index < -0.39 is 0 Å². The molecule has 0 unspecified atom stereocenters. The zero-order chi connectivity index (χ0) is 18.5. The lowest BCUT2D eigenvalue weighted by Gasteiger charge is -1.99. The van der Waals surface area contributed by atoms with E-state index in [4.69, 9.17) is 4.42 Å². The topological polar surface area (TPSA) is 63.8 Å². The van der Waals surface area contributed by atoms with Gasteiger partial charge in [0, 0.05) is 22.7 Å². The molecule has 0 aliphatic rings. The first kappa shape index (κ1) is 18.2. The third-order valence-electron chi connectivity index (χ3n) is 3.88. The van der Waals surface area contributed by atoms with E-state index in [1.165, 1.54) is 4.88 Å². The lowest BCUT2D eigenvalue weighted by molar-refractivity contribution is 0.540. The standard InChI is InChI=1S/C19H18N4OS3/c1-13-16(21-17(24-13)14-6-3-2-4-7-14)12-26-19-23-22-18(27-19)20-10-9-15-8-5-11-25-15/h2-8,11H,9-10,12H2,1H3,(H,20,22). The third kappa shape index (κ3) is 4.77. The van der Waals surface area contributed by atoms with E-state index in [9.17, 15) is 0 Å². The molecule has 0 atom stereocenters. The molecule has 4 rings (SSSR count). The van der Waals surface area contributed by atoms with Crippen LogP contribution in [0.25, 0.3) is 11.5 Å². The van der Waals surface area contributed by atoms with Crippen LogP contribution >= 0.6 is 34.4 Å². The van der Waals surface area contributed by atoms with Crippen LogP contribution in [0.5, 0.6) is 0 Å². The van der Waals surface area contributed by atoms with Crippen molar-refractivity contribution in [3.8, 4) is 11.5 Å². The largest absolute Gasteiger partial charge is 0.441 e. The van der Waals surface area contributed by atoms with Crippen LogP contribution in [-0.2, 0) is 12.2 Å². The maximum Gasteiger partial charge on any atom is 0.226 e. The number of hydrogen-bond donors (Lipinski definition) is 1. The summed E-state index contributed by atoms with van der Waals surface area (Å²) in [5.41, 5.74) is 1.94. The summed E-state index contributed by atoms with van der Waals surface area (Å²) in [6, 6.07) is 14.2. The average Bonchev–Trinajstić information content (AvgIpc) is 3.43. The molecule has 0 amide bonds. The van der Waals surface area contributed by atoms with Gasteiger partial charge in [-0.25, -0.2) is 4.98 Å². The van der Waals surface area contributed by atoms with Crippen LogP contribution in [-0.4, -0.2) is 21.7 Å². The zero-order valence-corrected chi connectivity index (χ0v) is 17.2. The highest BCUT2D eigenvalue weighted by Gasteiger charge is 2.13. The molecular weight excluding hydrogens is 396 g/mol. The minimum Gasteiger partial charge on any atom is -0.441 e. The Balaban J connectivity index is 1.31. The number of nitrogens with zero attached hydrogens (tertiary/aromatic N) is 3. The Morgan fingerprint density at radius 3 is 2.81 bits per heavy atom. The van der Waals surface area contributed by atoms with Crippen LogP contribution in [0.1, 0.15) is 16.3 Å². The van der Waals surface area contributed by atoms with Gasteiger partial charge in [0.05, 0.1) is 5.69 Å². The van der Waals surface area contributed by atoms with Gasteiger partial charge in [-0.2, -0.15) is 0 Å². The Bertz CT molecular complexity index is 980. The molecule has 0 fully saturated rings. The van der Waals surface area contributed by atoms with Crippen LogP contribution in [0, 0.1) is 6.92 Å². The number of oxazole rings is 1. The summed E-state index contributed by atoms with van der Waals surface area (Å²) in [5, 5.41) is 14.8. The lowest BCUT2D eigenvalue weighted by atomic mass is 10.2. The fraction of sp³-hybridized carbons (Fsp3) is 0.211. The van der Waals surface area contributed by atoms with Gasteiger partial charge in [0.1, 0.15) is 5.76 Å². The first-order chi connectivity index (χ1) is 13.3. The van der Waals surface area contributed by atoms with Crippen LogP contribution in [0.3, 0.4) is 0 Å². The molecule has 0 bridgehead atoms. The van der Waals surface area contributed by atoms with Gasteiger partial charge in [0.15, 0.2) is 4.34 Å². The molecule has 0 aliphatic heterocycles. The normalized spacial score (nSPS) is 11.0. The number of anilines is 1. The maximum atomic E-state index is 5.81. The number of nitrogens with one attached hydrogen (secondary N) is 1. The molecule has 0 saturated heterocycles. The van der Waals surface area contributed by atoms with Crippen LogP contribution < -0.4 is 5.32 Å². The van der Waals surface area contributed by atoms with Gasteiger partial charge >= 0.3 is 0 Å². The van der Waals surface area contributed by atoms with Gasteiger partial charge in [0.25, 0.3) is 0 Å². The predicted octanol–water partition coefficient (Wildman–Crippen LogP) is 5.51. The molecule has 3 aromatic heterocycles. The molecule has 1 N–H and O–H groups in total. The number of thioether (sulfide) groups is 1. The Morgan fingerprint density at radius 1 is 1.11 bits per heavy atom. The first-order valence-electron chi connectivity index (χ1n) is 8.52. The van der Waals surface area contributed by atoms with Crippen molar-refractivity contribution >= 4 is 39.6 Å². The van der Waals surface area contributed by atoms with Gasteiger partial charge in [-0.1, -0.05) is 47.4 Å². The van der Waals surface area contributed by atoms with Crippen molar-refractivity contribution in [3.05, 3.63) is 64.2 Å². The zero-order valence-electron chi connectivity index (χ0n) is 14.7. The first-order valence-corrected chi connectivity index (χ1v) is 11.2. The summed E-state index contributed by atoms with van der Waals surface area (Å²) < 4.78 is 6.74. The van der Waals surface area contributed by atoms with Crippen LogP contribution in [0.4, 0.5) is 5.13 Å². The highest BCUT2D eigenvalue weighted by molar-refractivity contribution is 8.00. The van der Waals surface area contributed by atoms with E-state index in [1.807, 2.05) is 37.3 Å². The summed E-state index contributed by atoms with van der Waals surface area (Å²) in [4.78, 5) is 6.01. The third-order valence-corrected chi connectivity index (χ3v) is 6.84. The number of rotatable bonds is 8. The van der Waals surface area contributed by atoms with Crippen LogP contribution in [0.15, 0.2) is 56.6 Å². The molecular formula is C19H18N4OS3. The number of hydrogen-bond acceptors (Lipinski definition) is 8. The smallest absolute Gasteiger partial charge is 0.226 e. The monoisotopic (exact) mass is 414 g/mol. The highest BCUT2D eigenvalue weighted by Crippen LogP contribution is 2.30. The lowest BCUT2D eigenvalue weighted by Crippen LogP contribution is -2.03. The minimum absolute atomic E-state index is 0.664. The number of benzene rings is 1. The van der Waals surface area contributed by atoms with Crippen molar-refractivity contribution in [2.45, 2.75) is 23.4 Å². The summed E-state index contributed by atoms with van der Waals surface area (Å²) in [5.74, 6) is 2.23. The molecule has 0 aliphatic carbocycles. The number of thiophene rings is 1. The average molecular weight is 415 g/mol. The minimum atomic E-state index is 0.664. The molecule has 8 heteroatoms. The van der Waals surface area contributed by atoms with Crippen molar-refractivity contribution < 1.29 is 4.42 Å². The van der Waals surface area contributed by atoms with Crippen LogP contribution in [0.2, 0.25) is 0 Å². The second-order valence-corrected chi connectivity index (χ2v) is 9.04. The molecule has 0 saturated carbocycles. The Kier molecular flexibility index (Phi) is 5.86. The SMILES string of the molecule is Cc1oc(-c2ccccc2)nc1CSc1nnc(NCCc2cccs2)s1. The second-order valence-electron chi connectivity index (χ2n) is 5.81. The van der Waals surface area contributed by atoms with Gasteiger partial charge in [-0.3, -0.25) is 0 Å². The van der Waals surface area contributed by atoms with Crippen molar-refractivity contribution in [1.82, 2.24) is 15.2 Å². The quantitative estimate of drug-likeness (QED) is 0.384. The second kappa shape index (κ2) is 8.69. The van der Waals surface area contributed by atoms with Crippen molar-refractivity contribution in [1.29, 1.82) is 0 Å². The summed E-state index contributed by atoms with van der Waals surface area (Å²) >= 11 is 4.98. The van der Waals surface area contributed by atoms with Crippen molar-refractivity contribution in [2.75, 3.05) is 11.9 Å². The molecule has 0 spiro atoms. The Morgan fingerprint density at radius 2 is 2.00 bits per heavy atom. The van der Waals surface area contributed by atoms with E-state index in [0.29, 0.717) is 11.6 Å². The fourth-order valence-corrected chi connectivity index (χ4v) is 4.97. The summed E-state index contributed by atoms with van der Waals surface area (Å²) in [6.07, 6.45) is 1.00. The van der Waals surface area contributed by atoms with Crippen molar-refractivity contribution in [3.63, 3.8) is 0 Å². The molecule has 1 aromatic carbocycles. The van der Waals surface area contributed by atoms with E-state index in [-0.39, 0.29) is 0 Å².